The maximum absolute atomic E-state index is 8.48. The van der Waals surface area contributed by atoms with E-state index in [1.54, 1.807) is 22.9 Å². The van der Waals surface area contributed by atoms with Crippen LogP contribution in [0.25, 0.3) is 0 Å². The van der Waals surface area contributed by atoms with Gasteiger partial charge in [-0.05, 0) is 44.9 Å². The lowest BCUT2D eigenvalue weighted by molar-refractivity contribution is 1.42. The van der Waals surface area contributed by atoms with Gasteiger partial charge in [0.15, 0.2) is 0 Å². The molecule has 0 atom stereocenters. The summed E-state index contributed by atoms with van der Waals surface area (Å²) in [6, 6.07) is 9.48. The highest BCUT2D eigenvalue weighted by Gasteiger charge is 1.92. The predicted octanol–water partition coefficient (Wildman–Crippen LogP) is 3.14. The standard InChI is InChI=1S/C7H5NS3/c8-5-6-1-3-7(4-2-6)10-11-9/h1-4,9H. The predicted molar refractivity (Wildman–Crippen MR) is 53.6 cm³/mol. The lowest BCUT2D eigenvalue weighted by Gasteiger charge is -1.94. The Hall–Kier alpha value is -0.240. The Bertz CT molecular complexity index is 262. The Morgan fingerprint density at radius 3 is 2.36 bits per heavy atom. The van der Waals surface area contributed by atoms with E-state index < -0.39 is 0 Å². The number of thiol groups is 1. The van der Waals surface area contributed by atoms with E-state index in [0.29, 0.717) is 5.56 Å². The normalized spacial score (nSPS) is 9.09. The lowest BCUT2D eigenvalue weighted by atomic mass is 10.2. The van der Waals surface area contributed by atoms with Gasteiger partial charge >= 0.3 is 0 Å². The number of benzene rings is 1. The molecular formula is C7H5NS3. The molecule has 0 heterocycles. The summed E-state index contributed by atoms with van der Waals surface area (Å²) in [7, 11) is 2.96. The lowest BCUT2D eigenvalue weighted by Crippen LogP contribution is -1.71. The van der Waals surface area contributed by atoms with Crippen LogP contribution in [0.3, 0.4) is 0 Å². The first-order valence-electron chi connectivity index (χ1n) is 2.85. The number of nitriles is 1. The maximum atomic E-state index is 8.48. The zero-order valence-corrected chi connectivity index (χ0v) is 8.05. The Labute approximate surface area is 78.4 Å². The van der Waals surface area contributed by atoms with E-state index in [-0.39, 0.29) is 0 Å². The third-order valence-corrected chi connectivity index (χ3v) is 3.13. The summed E-state index contributed by atoms with van der Waals surface area (Å²) in [5.74, 6) is 0. The van der Waals surface area contributed by atoms with Crippen molar-refractivity contribution in [2.75, 3.05) is 0 Å². The van der Waals surface area contributed by atoms with Crippen LogP contribution in [-0.4, -0.2) is 0 Å². The number of rotatable bonds is 2. The van der Waals surface area contributed by atoms with Gasteiger partial charge in [0.25, 0.3) is 0 Å². The average molecular weight is 199 g/mol. The number of nitrogens with zero attached hydrogens (tertiary/aromatic N) is 1. The molecule has 0 aliphatic rings. The van der Waals surface area contributed by atoms with E-state index in [4.69, 9.17) is 5.26 Å². The SMILES string of the molecule is N#Cc1ccc(SSS)cc1. The van der Waals surface area contributed by atoms with Crippen molar-refractivity contribution in [3.05, 3.63) is 29.8 Å². The van der Waals surface area contributed by atoms with E-state index in [0.717, 1.165) is 4.90 Å². The van der Waals surface area contributed by atoms with Crippen molar-refractivity contribution in [3.8, 4) is 6.07 Å². The van der Waals surface area contributed by atoms with Crippen molar-refractivity contribution in [1.82, 2.24) is 0 Å². The van der Waals surface area contributed by atoms with E-state index in [1.165, 1.54) is 9.83 Å². The van der Waals surface area contributed by atoms with Gasteiger partial charge in [0.05, 0.1) is 11.6 Å². The summed E-state index contributed by atoms with van der Waals surface area (Å²) in [5, 5.41) is 8.48. The smallest absolute Gasteiger partial charge is 0.0991 e. The highest BCUT2D eigenvalue weighted by atomic mass is 33.5. The summed E-state index contributed by atoms with van der Waals surface area (Å²) in [5.41, 5.74) is 0.693. The Morgan fingerprint density at radius 1 is 1.27 bits per heavy atom. The first-order chi connectivity index (χ1) is 5.36. The molecule has 0 saturated heterocycles. The second kappa shape index (κ2) is 4.60. The minimum absolute atomic E-state index is 0.693. The van der Waals surface area contributed by atoms with Gasteiger partial charge in [-0.3, -0.25) is 0 Å². The molecule has 1 rings (SSSR count). The van der Waals surface area contributed by atoms with Gasteiger partial charge in [0.2, 0.25) is 0 Å². The van der Waals surface area contributed by atoms with E-state index in [1.807, 2.05) is 12.1 Å². The molecule has 0 bridgehead atoms. The van der Waals surface area contributed by atoms with Crippen molar-refractivity contribution in [2.24, 2.45) is 0 Å². The van der Waals surface area contributed by atoms with Crippen molar-refractivity contribution >= 4 is 32.3 Å². The highest BCUT2D eigenvalue weighted by molar-refractivity contribution is 9.05. The van der Waals surface area contributed by atoms with Gasteiger partial charge in [-0.2, -0.15) is 5.26 Å². The summed E-state index contributed by atoms with van der Waals surface area (Å²) >= 11 is 4.00. The molecule has 0 aliphatic heterocycles. The molecule has 1 nitrogen and oxygen atoms in total. The van der Waals surface area contributed by atoms with Crippen LogP contribution in [0.4, 0.5) is 0 Å². The number of hydrogen-bond acceptors (Lipinski definition) is 4. The molecule has 0 aromatic heterocycles. The topological polar surface area (TPSA) is 23.8 Å². The molecule has 0 unspecified atom stereocenters. The zero-order valence-electron chi connectivity index (χ0n) is 5.52. The monoisotopic (exact) mass is 199 g/mol. The fraction of sp³-hybridized carbons (Fsp3) is 0. The molecule has 0 radical (unpaired) electrons. The molecule has 0 saturated carbocycles. The molecule has 0 fully saturated rings. The van der Waals surface area contributed by atoms with Gasteiger partial charge in [-0.1, -0.05) is 11.7 Å². The molecule has 1 aromatic carbocycles. The van der Waals surface area contributed by atoms with Crippen molar-refractivity contribution < 1.29 is 0 Å². The third-order valence-electron chi connectivity index (χ3n) is 1.12. The fourth-order valence-electron chi connectivity index (χ4n) is 0.628. The van der Waals surface area contributed by atoms with Crippen LogP contribution >= 0.6 is 32.3 Å². The zero-order chi connectivity index (χ0) is 8.10. The Morgan fingerprint density at radius 2 is 1.91 bits per heavy atom. The van der Waals surface area contributed by atoms with Gasteiger partial charge in [0.1, 0.15) is 0 Å². The molecule has 56 valence electrons. The Balaban J connectivity index is 2.76. The van der Waals surface area contributed by atoms with Crippen LogP contribution < -0.4 is 0 Å². The quantitative estimate of drug-likeness (QED) is 0.585. The number of hydrogen-bond donors (Lipinski definition) is 1. The molecule has 0 spiro atoms. The first kappa shape index (κ1) is 8.85. The van der Waals surface area contributed by atoms with E-state index >= 15 is 0 Å². The van der Waals surface area contributed by atoms with Crippen LogP contribution in [0.2, 0.25) is 0 Å². The summed E-state index contributed by atoms with van der Waals surface area (Å²) < 4.78 is 0. The van der Waals surface area contributed by atoms with Crippen LogP contribution in [0.5, 0.6) is 0 Å². The molecule has 1 aromatic rings. The van der Waals surface area contributed by atoms with Crippen molar-refractivity contribution in [2.45, 2.75) is 4.90 Å². The summed E-state index contributed by atoms with van der Waals surface area (Å²) in [6.07, 6.45) is 0. The van der Waals surface area contributed by atoms with Gasteiger partial charge in [-0.25, -0.2) is 0 Å². The summed E-state index contributed by atoms with van der Waals surface area (Å²) in [6.45, 7) is 0. The first-order valence-corrected chi connectivity index (χ1v) is 6.05. The largest absolute Gasteiger partial charge is 0.192 e. The molecule has 0 amide bonds. The van der Waals surface area contributed by atoms with Crippen LogP contribution in [0.15, 0.2) is 29.2 Å². The molecule has 0 N–H and O–H groups in total. The maximum Gasteiger partial charge on any atom is 0.0991 e. The van der Waals surface area contributed by atoms with E-state index in [9.17, 15) is 0 Å². The van der Waals surface area contributed by atoms with Crippen molar-refractivity contribution in [1.29, 1.82) is 5.26 Å². The molecule has 0 aliphatic carbocycles. The molecule has 4 heteroatoms. The highest BCUT2D eigenvalue weighted by Crippen LogP contribution is 2.33. The van der Waals surface area contributed by atoms with E-state index in [2.05, 4.69) is 17.7 Å². The second-order valence-corrected chi connectivity index (χ2v) is 4.87. The van der Waals surface area contributed by atoms with Crippen molar-refractivity contribution in [3.63, 3.8) is 0 Å². The van der Waals surface area contributed by atoms with Crippen LogP contribution in [-0.2, 0) is 0 Å². The average Bonchev–Trinajstić information content (AvgIpc) is 2.07. The minimum Gasteiger partial charge on any atom is -0.192 e. The Kier molecular flexibility index (Phi) is 3.70. The van der Waals surface area contributed by atoms with Gasteiger partial charge in [-0.15, -0.1) is 0 Å². The fourth-order valence-corrected chi connectivity index (χ4v) is 2.33. The van der Waals surface area contributed by atoms with Crippen LogP contribution in [0.1, 0.15) is 5.56 Å². The molecular weight excluding hydrogens is 194 g/mol. The third kappa shape index (κ3) is 2.70. The summed E-state index contributed by atoms with van der Waals surface area (Å²) in [4.78, 5) is 1.11. The minimum atomic E-state index is 0.693. The van der Waals surface area contributed by atoms with Gasteiger partial charge in [0, 0.05) is 4.90 Å². The molecule has 11 heavy (non-hydrogen) atoms. The second-order valence-electron chi connectivity index (χ2n) is 1.79. The van der Waals surface area contributed by atoms with Crippen LogP contribution in [0, 0.1) is 11.3 Å². The van der Waals surface area contributed by atoms with Gasteiger partial charge < -0.3 is 0 Å².